The number of fused-ring (bicyclic) bond motifs is 1. The molecule has 6 nitrogen and oxygen atoms in total. The predicted octanol–water partition coefficient (Wildman–Crippen LogP) is 4.63. The van der Waals surface area contributed by atoms with Crippen LogP contribution in [0.25, 0.3) is 0 Å². The first-order valence-corrected chi connectivity index (χ1v) is 9.94. The Hall–Kier alpha value is -2.73. The second kappa shape index (κ2) is 6.66. The zero-order valence-corrected chi connectivity index (χ0v) is 17.5. The fourth-order valence-electron chi connectivity index (χ4n) is 3.94. The molecule has 1 aromatic heterocycles. The van der Waals surface area contributed by atoms with Crippen molar-refractivity contribution in [1.29, 1.82) is 0 Å². The maximum absolute atomic E-state index is 12.8. The lowest BCUT2D eigenvalue weighted by Gasteiger charge is -2.21. The number of ether oxygens (including phenoxy) is 2. The molecule has 2 aliphatic rings. The van der Waals surface area contributed by atoms with Gasteiger partial charge in [-0.25, -0.2) is 9.88 Å². The topological polar surface area (TPSA) is 68.7 Å². The summed E-state index contributed by atoms with van der Waals surface area (Å²) < 4.78 is 11.8. The van der Waals surface area contributed by atoms with Crippen LogP contribution in [0, 0.1) is 12.3 Å². The smallest absolute Gasteiger partial charge is 0.240 e. The summed E-state index contributed by atoms with van der Waals surface area (Å²) in [5, 5.41) is 0. The quantitative estimate of drug-likeness (QED) is 0.708. The van der Waals surface area contributed by atoms with Crippen molar-refractivity contribution in [1.82, 2.24) is 4.98 Å². The Bertz CT molecular complexity index is 1010. The van der Waals surface area contributed by atoms with E-state index in [4.69, 9.17) is 9.47 Å². The highest BCUT2D eigenvalue weighted by Crippen LogP contribution is 2.40. The van der Waals surface area contributed by atoms with E-state index in [9.17, 15) is 9.59 Å². The molecule has 0 saturated carbocycles. The minimum atomic E-state index is -0.639. The molecule has 0 unspecified atom stereocenters. The maximum atomic E-state index is 12.8. The van der Waals surface area contributed by atoms with Gasteiger partial charge >= 0.3 is 0 Å². The number of pyridine rings is 1. The molecule has 2 amide bonds. The minimum absolute atomic E-state index is 0.166. The third-order valence-electron chi connectivity index (χ3n) is 6.10. The Kier molecular flexibility index (Phi) is 4.50. The van der Waals surface area contributed by atoms with Crippen LogP contribution < -0.4 is 9.64 Å². The molecule has 6 heteroatoms. The van der Waals surface area contributed by atoms with Gasteiger partial charge in [0.2, 0.25) is 17.7 Å². The van der Waals surface area contributed by atoms with Crippen molar-refractivity contribution in [3.8, 4) is 11.6 Å². The fourth-order valence-corrected chi connectivity index (χ4v) is 3.94. The molecule has 0 N–H and O–H groups in total. The largest absolute Gasteiger partial charge is 0.439 e. The highest BCUT2D eigenvalue weighted by atomic mass is 16.5. The Morgan fingerprint density at radius 2 is 1.97 bits per heavy atom. The molecule has 1 aromatic carbocycles. The molecule has 29 heavy (non-hydrogen) atoms. The number of rotatable bonds is 4. The van der Waals surface area contributed by atoms with E-state index >= 15 is 0 Å². The number of imide groups is 1. The second-order valence-corrected chi connectivity index (χ2v) is 8.66. The van der Waals surface area contributed by atoms with E-state index in [2.05, 4.69) is 4.98 Å². The van der Waals surface area contributed by atoms with Crippen molar-refractivity contribution < 1.29 is 19.1 Å². The molecule has 1 fully saturated rings. The summed E-state index contributed by atoms with van der Waals surface area (Å²) in [6, 6.07) is 7.67. The number of aryl methyl sites for hydroxylation is 1. The van der Waals surface area contributed by atoms with E-state index in [1.165, 1.54) is 11.1 Å². The molecule has 0 aliphatic carbocycles. The SMILES string of the molecule is CC[C@@]1(C)CC(=O)N(c2cnc(Oc3ccc4c(c3)C(C)(C)OC4)c(C)c2)C1=O. The van der Waals surface area contributed by atoms with Crippen LogP contribution in [0.4, 0.5) is 5.69 Å². The first kappa shape index (κ1) is 19.6. The summed E-state index contributed by atoms with van der Waals surface area (Å²) >= 11 is 0. The molecule has 1 atom stereocenters. The Labute approximate surface area is 170 Å². The van der Waals surface area contributed by atoms with Crippen LogP contribution in [0.3, 0.4) is 0 Å². The summed E-state index contributed by atoms with van der Waals surface area (Å²) in [6.07, 6.45) is 2.38. The van der Waals surface area contributed by atoms with E-state index in [0.717, 1.165) is 16.7 Å². The lowest BCUT2D eigenvalue weighted by molar-refractivity contribution is -0.125. The first-order chi connectivity index (χ1) is 13.6. The summed E-state index contributed by atoms with van der Waals surface area (Å²) in [4.78, 5) is 30.9. The van der Waals surface area contributed by atoms with Crippen LogP contribution >= 0.6 is 0 Å². The van der Waals surface area contributed by atoms with Gasteiger partial charge in [-0.2, -0.15) is 0 Å². The molecular weight excluding hydrogens is 368 g/mol. The van der Waals surface area contributed by atoms with Crippen LogP contribution in [0.2, 0.25) is 0 Å². The Balaban J connectivity index is 1.59. The van der Waals surface area contributed by atoms with Gasteiger partial charge in [0, 0.05) is 12.0 Å². The Morgan fingerprint density at radius 3 is 2.62 bits per heavy atom. The molecule has 2 aromatic rings. The van der Waals surface area contributed by atoms with Crippen LogP contribution in [-0.2, 0) is 26.5 Å². The van der Waals surface area contributed by atoms with Crippen molar-refractivity contribution in [3.05, 3.63) is 47.2 Å². The van der Waals surface area contributed by atoms with Crippen LogP contribution in [0.5, 0.6) is 11.6 Å². The van der Waals surface area contributed by atoms with Crippen molar-refractivity contribution in [2.75, 3.05) is 4.90 Å². The summed E-state index contributed by atoms with van der Waals surface area (Å²) in [7, 11) is 0. The van der Waals surface area contributed by atoms with E-state index in [-0.39, 0.29) is 23.8 Å². The molecular formula is C23H26N2O4. The van der Waals surface area contributed by atoms with Gasteiger partial charge < -0.3 is 9.47 Å². The van der Waals surface area contributed by atoms with E-state index in [1.54, 1.807) is 6.07 Å². The highest BCUT2D eigenvalue weighted by Gasteiger charge is 2.47. The van der Waals surface area contributed by atoms with Gasteiger partial charge in [0.15, 0.2) is 0 Å². The van der Waals surface area contributed by atoms with E-state index < -0.39 is 5.41 Å². The van der Waals surface area contributed by atoms with Gasteiger partial charge in [-0.15, -0.1) is 0 Å². The van der Waals surface area contributed by atoms with Crippen LogP contribution in [0.15, 0.2) is 30.5 Å². The Morgan fingerprint density at radius 1 is 1.21 bits per heavy atom. The number of anilines is 1. The molecule has 0 bridgehead atoms. The molecule has 152 valence electrons. The normalized spacial score (nSPS) is 22.9. The molecule has 3 heterocycles. The zero-order chi connectivity index (χ0) is 21.0. The van der Waals surface area contributed by atoms with Gasteiger partial charge in [0.25, 0.3) is 0 Å². The molecule has 0 radical (unpaired) electrons. The number of aromatic nitrogens is 1. The van der Waals surface area contributed by atoms with Crippen LogP contribution in [0.1, 0.15) is 57.2 Å². The number of carbonyl (C=O) groups excluding carboxylic acids is 2. The maximum Gasteiger partial charge on any atom is 0.240 e. The third kappa shape index (κ3) is 3.21. The van der Waals surface area contributed by atoms with Crippen molar-refractivity contribution in [2.45, 2.75) is 59.7 Å². The monoisotopic (exact) mass is 394 g/mol. The number of carbonyl (C=O) groups is 2. The van der Waals surface area contributed by atoms with Gasteiger partial charge in [0.1, 0.15) is 5.75 Å². The highest BCUT2D eigenvalue weighted by molar-refractivity contribution is 6.22. The van der Waals surface area contributed by atoms with Gasteiger partial charge in [0.05, 0.1) is 29.5 Å². The van der Waals surface area contributed by atoms with Gasteiger partial charge in [-0.05, 0) is 56.5 Å². The van der Waals surface area contributed by atoms with Crippen LogP contribution in [-0.4, -0.2) is 16.8 Å². The van der Waals surface area contributed by atoms with E-state index in [0.29, 0.717) is 30.3 Å². The number of hydrogen-bond acceptors (Lipinski definition) is 5. The summed E-state index contributed by atoms with van der Waals surface area (Å²) in [5.74, 6) is 0.774. The number of amides is 2. The second-order valence-electron chi connectivity index (χ2n) is 8.66. The van der Waals surface area contributed by atoms with Crippen molar-refractivity contribution in [3.63, 3.8) is 0 Å². The first-order valence-electron chi connectivity index (χ1n) is 9.94. The molecule has 4 rings (SSSR count). The van der Waals surface area contributed by atoms with E-state index in [1.807, 2.05) is 52.8 Å². The average Bonchev–Trinajstić information content (AvgIpc) is 3.10. The lowest BCUT2D eigenvalue weighted by Crippen LogP contribution is -2.34. The molecule has 2 aliphatic heterocycles. The summed E-state index contributed by atoms with van der Waals surface area (Å²) in [6.45, 7) is 10.3. The minimum Gasteiger partial charge on any atom is -0.439 e. The lowest BCUT2D eigenvalue weighted by atomic mass is 9.86. The summed E-state index contributed by atoms with van der Waals surface area (Å²) in [5.41, 5.74) is 2.53. The fraction of sp³-hybridized carbons (Fsp3) is 0.435. The number of nitrogens with zero attached hydrogens (tertiary/aromatic N) is 2. The molecule has 0 spiro atoms. The predicted molar refractivity (Wildman–Crippen MR) is 109 cm³/mol. The van der Waals surface area contributed by atoms with Crippen molar-refractivity contribution in [2.24, 2.45) is 5.41 Å². The average molecular weight is 394 g/mol. The molecule has 1 saturated heterocycles. The number of benzene rings is 1. The number of hydrogen-bond donors (Lipinski definition) is 0. The third-order valence-corrected chi connectivity index (χ3v) is 6.10. The van der Waals surface area contributed by atoms with Crippen molar-refractivity contribution >= 4 is 17.5 Å². The van der Waals surface area contributed by atoms with Gasteiger partial charge in [-0.3, -0.25) is 9.59 Å². The standard InChI is InChI=1S/C23H26N2O4/c1-6-23(5)11-19(26)25(21(23)27)16-9-14(2)20(24-12-16)29-17-8-7-15-13-28-22(3,4)18(15)10-17/h7-10,12H,6,11,13H2,1-5H3/t23-/m0/s1. The zero-order valence-electron chi connectivity index (χ0n) is 17.5. The van der Waals surface area contributed by atoms with Gasteiger partial charge in [-0.1, -0.05) is 19.9 Å².